The van der Waals surface area contributed by atoms with Crippen molar-refractivity contribution >= 4 is 45.4 Å². The Hall–Kier alpha value is -2.62. The molecule has 4 heterocycles. The summed E-state index contributed by atoms with van der Waals surface area (Å²) in [7, 11) is 0. The van der Waals surface area contributed by atoms with E-state index in [0.29, 0.717) is 5.57 Å². The molecule has 1 aromatic carbocycles. The second-order valence-corrected chi connectivity index (χ2v) is 9.69. The van der Waals surface area contributed by atoms with Crippen LogP contribution in [0.4, 0.5) is 0 Å². The predicted octanol–water partition coefficient (Wildman–Crippen LogP) is 3.20. The van der Waals surface area contributed by atoms with Gasteiger partial charge in [-0.15, -0.1) is 11.3 Å². The molecule has 2 aliphatic rings. The molecule has 0 aliphatic carbocycles. The van der Waals surface area contributed by atoms with Gasteiger partial charge in [0.05, 0.1) is 22.9 Å². The number of carboxylic acids is 1. The second kappa shape index (κ2) is 6.97. The molecule has 1 amide bonds. The number of carbonyl (C=O) groups is 2. The summed E-state index contributed by atoms with van der Waals surface area (Å²) < 4.78 is 1.90. The molecule has 2 aromatic heterocycles. The quantitative estimate of drug-likeness (QED) is 0.591. The van der Waals surface area contributed by atoms with Crippen molar-refractivity contribution in [3.8, 4) is 0 Å². The number of hydrogen-bond acceptors (Lipinski definition) is 6. The number of thiazole rings is 1. The number of rotatable bonds is 5. The molecule has 1 saturated heterocycles. The highest BCUT2D eigenvalue weighted by Crippen LogP contribution is 2.51. The number of hydrogen-bond donors (Lipinski definition) is 2. The fourth-order valence-electron chi connectivity index (χ4n) is 4.47. The van der Waals surface area contributed by atoms with E-state index < -0.39 is 18.0 Å². The minimum absolute atomic E-state index is 0.0316. The molecule has 30 heavy (non-hydrogen) atoms. The largest absolute Gasteiger partial charge is 0.477 e. The van der Waals surface area contributed by atoms with E-state index in [9.17, 15) is 19.8 Å². The number of carboxylic acid groups (broad SMARTS) is 1. The summed E-state index contributed by atoms with van der Waals surface area (Å²) in [5.41, 5.74) is 0.678. The summed E-state index contributed by atoms with van der Waals surface area (Å²) in [4.78, 5) is 33.3. The molecule has 9 heteroatoms. The number of β-lactam (4-membered cyclic amide) rings is 1. The van der Waals surface area contributed by atoms with E-state index in [1.807, 2.05) is 47.9 Å². The highest BCUT2D eigenvalue weighted by atomic mass is 32.2. The van der Waals surface area contributed by atoms with Gasteiger partial charge < -0.3 is 15.1 Å². The van der Waals surface area contributed by atoms with Crippen LogP contribution in [0.15, 0.2) is 58.5 Å². The molecule has 7 nitrogen and oxygen atoms in total. The molecular formula is C21H19N3O4S2. The highest BCUT2D eigenvalue weighted by Gasteiger charge is 2.60. The molecule has 0 bridgehead atoms. The molecule has 3 aromatic rings. The Labute approximate surface area is 180 Å². The van der Waals surface area contributed by atoms with Gasteiger partial charge in [0.2, 0.25) is 5.91 Å². The first kappa shape index (κ1) is 19.3. The molecule has 5 rings (SSSR count). The lowest BCUT2D eigenvalue weighted by atomic mass is 9.77. The molecule has 0 saturated carbocycles. The van der Waals surface area contributed by atoms with Crippen molar-refractivity contribution < 1.29 is 19.8 Å². The zero-order chi connectivity index (χ0) is 21.2. The molecule has 2 N–H and O–H groups in total. The zero-order valence-electron chi connectivity index (χ0n) is 16.2. The van der Waals surface area contributed by atoms with Crippen LogP contribution in [0.1, 0.15) is 18.7 Å². The standard InChI is InChI=1S/C21H19N3O4S2/c1-10-14(17(21(27)28)24-16(10)15(11(2)25)19(24)26)13-8-23-9-22-18(20(23)30-13)29-12-6-4-3-5-7-12/h3-11,15-16,25H,1-2H3,(H,27,28)/t10-,11+,15+,16+/m0/s1. The first-order valence-electron chi connectivity index (χ1n) is 9.57. The van der Waals surface area contributed by atoms with Crippen molar-refractivity contribution in [2.75, 3.05) is 0 Å². The fraction of sp³-hybridized carbons (Fsp3) is 0.286. The van der Waals surface area contributed by atoms with Crippen molar-refractivity contribution in [3.63, 3.8) is 0 Å². The van der Waals surface area contributed by atoms with Crippen LogP contribution in [0.2, 0.25) is 0 Å². The number of fused-ring (bicyclic) bond motifs is 2. The number of aliphatic hydroxyl groups excluding tert-OH is 1. The maximum absolute atomic E-state index is 12.6. The molecule has 0 radical (unpaired) electrons. The van der Waals surface area contributed by atoms with Gasteiger partial charge in [0, 0.05) is 22.6 Å². The van der Waals surface area contributed by atoms with E-state index in [4.69, 9.17) is 0 Å². The van der Waals surface area contributed by atoms with Crippen molar-refractivity contribution in [1.82, 2.24) is 14.3 Å². The van der Waals surface area contributed by atoms with Crippen LogP contribution in [0.25, 0.3) is 10.4 Å². The third-order valence-corrected chi connectivity index (χ3v) is 8.05. The van der Waals surface area contributed by atoms with Crippen LogP contribution < -0.4 is 0 Å². The fourth-order valence-corrected chi connectivity index (χ4v) is 6.64. The van der Waals surface area contributed by atoms with Crippen LogP contribution >= 0.6 is 23.1 Å². The van der Waals surface area contributed by atoms with Gasteiger partial charge in [0.15, 0.2) is 0 Å². The highest BCUT2D eigenvalue weighted by molar-refractivity contribution is 7.99. The summed E-state index contributed by atoms with van der Waals surface area (Å²) in [6.45, 7) is 3.51. The first-order chi connectivity index (χ1) is 14.4. The number of aliphatic hydroxyl groups is 1. The van der Waals surface area contributed by atoms with Crippen molar-refractivity contribution in [1.29, 1.82) is 0 Å². The SMILES string of the molecule is C[C@@H](O)[C@H]1C(=O)N2C(C(=O)O)=C(c3cn4cnc(Sc5ccccc5)c4s3)[C@H](C)[C@H]12. The van der Waals surface area contributed by atoms with Gasteiger partial charge in [-0.2, -0.15) is 0 Å². The summed E-state index contributed by atoms with van der Waals surface area (Å²) in [5, 5.41) is 20.7. The van der Waals surface area contributed by atoms with Crippen LogP contribution in [-0.2, 0) is 9.59 Å². The molecule has 1 fully saturated rings. The van der Waals surface area contributed by atoms with E-state index in [0.717, 1.165) is 19.6 Å². The average molecular weight is 442 g/mol. The molecule has 154 valence electrons. The topological polar surface area (TPSA) is 95.1 Å². The number of aliphatic carboxylic acids is 1. The lowest BCUT2D eigenvalue weighted by Gasteiger charge is -2.46. The van der Waals surface area contributed by atoms with E-state index in [1.165, 1.54) is 16.2 Å². The smallest absolute Gasteiger partial charge is 0.352 e. The van der Waals surface area contributed by atoms with Gasteiger partial charge in [-0.3, -0.25) is 9.20 Å². The second-order valence-electron chi connectivity index (χ2n) is 7.59. The molecule has 0 unspecified atom stereocenters. The Kier molecular flexibility index (Phi) is 4.49. The number of amides is 1. The number of nitrogens with zero attached hydrogens (tertiary/aromatic N) is 3. The van der Waals surface area contributed by atoms with Gasteiger partial charge >= 0.3 is 5.97 Å². The normalized spacial score (nSPS) is 24.3. The van der Waals surface area contributed by atoms with E-state index in [1.54, 1.807) is 25.0 Å². The van der Waals surface area contributed by atoms with Gasteiger partial charge in [-0.25, -0.2) is 9.78 Å². The van der Waals surface area contributed by atoms with Crippen molar-refractivity contribution in [2.24, 2.45) is 11.8 Å². The van der Waals surface area contributed by atoms with Crippen LogP contribution in [0, 0.1) is 11.8 Å². The Bertz CT molecular complexity index is 1200. The monoisotopic (exact) mass is 441 g/mol. The third kappa shape index (κ3) is 2.73. The summed E-state index contributed by atoms with van der Waals surface area (Å²) >= 11 is 3.03. The number of imidazole rings is 1. The first-order valence-corrected chi connectivity index (χ1v) is 11.2. The Morgan fingerprint density at radius 1 is 1.30 bits per heavy atom. The van der Waals surface area contributed by atoms with Crippen molar-refractivity contribution in [2.45, 2.75) is 35.9 Å². The maximum Gasteiger partial charge on any atom is 0.352 e. The van der Waals surface area contributed by atoms with E-state index >= 15 is 0 Å². The van der Waals surface area contributed by atoms with Crippen molar-refractivity contribution in [3.05, 3.63) is 53.4 Å². The molecule has 2 aliphatic heterocycles. The van der Waals surface area contributed by atoms with E-state index in [2.05, 4.69) is 4.98 Å². The Morgan fingerprint density at radius 2 is 2.03 bits per heavy atom. The number of benzene rings is 1. The van der Waals surface area contributed by atoms with Gasteiger partial charge in [-0.05, 0) is 19.1 Å². The lowest BCUT2D eigenvalue weighted by Crippen LogP contribution is -2.63. The van der Waals surface area contributed by atoms with Gasteiger partial charge in [0.25, 0.3) is 0 Å². The molecular weight excluding hydrogens is 422 g/mol. The van der Waals surface area contributed by atoms with Crippen LogP contribution in [-0.4, -0.2) is 48.5 Å². The van der Waals surface area contributed by atoms with Crippen LogP contribution in [0.5, 0.6) is 0 Å². The minimum atomic E-state index is -1.12. The van der Waals surface area contributed by atoms with Gasteiger partial charge in [-0.1, -0.05) is 36.9 Å². The number of carbonyl (C=O) groups excluding carboxylic acids is 1. The van der Waals surface area contributed by atoms with Crippen LogP contribution in [0.3, 0.4) is 0 Å². The minimum Gasteiger partial charge on any atom is -0.477 e. The third-order valence-electron chi connectivity index (χ3n) is 5.78. The lowest BCUT2D eigenvalue weighted by molar-refractivity contribution is -0.163. The molecule has 4 atom stereocenters. The maximum atomic E-state index is 12.6. The Balaban J connectivity index is 1.56. The summed E-state index contributed by atoms with van der Waals surface area (Å²) in [6, 6.07) is 9.61. The summed E-state index contributed by atoms with van der Waals surface area (Å²) in [6.07, 6.45) is 2.79. The number of aromatic nitrogens is 2. The summed E-state index contributed by atoms with van der Waals surface area (Å²) in [5.74, 6) is -2.19. The zero-order valence-corrected chi connectivity index (χ0v) is 17.9. The Morgan fingerprint density at radius 3 is 2.70 bits per heavy atom. The van der Waals surface area contributed by atoms with E-state index in [-0.39, 0.29) is 23.6 Å². The predicted molar refractivity (Wildman–Crippen MR) is 113 cm³/mol. The van der Waals surface area contributed by atoms with Gasteiger partial charge in [0.1, 0.15) is 21.9 Å². The molecule has 0 spiro atoms. The average Bonchev–Trinajstić information content (AvgIpc) is 3.33.